The summed E-state index contributed by atoms with van der Waals surface area (Å²) in [4.78, 5) is 13.3. The van der Waals surface area contributed by atoms with E-state index in [0.29, 0.717) is 18.2 Å². The van der Waals surface area contributed by atoms with E-state index in [2.05, 4.69) is 32.5 Å². The zero-order valence-electron chi connectivity index (χ0n) is 14.6. The van der Waals surface area contributed by atoms with Gasteiger partial charge in [0.2, 0.25) is 5.95 Å². The fourth-order valence-corrected chi connectivity index (χ4v) is 3.92. The maximum absolute atomic E-state index is 12.1. The minimum absolute atomic E-state index is 0.0830. The van der Waals surface area contributed by atoms with Gasteiger partial charge in [-0.25, -0.2) is 23.4 Å². The van der Waals surface area contributed by atoms with Crippen LogP contribution in [0, 0.1) is 0 Å². The van der Waals surface area contributed by atoms with Crippen molar-refractivity contribution in [2.45, 2.75) is 43.7 Å². The number of aryl methyl sites for hydroxylation is 1. The van der Waals surface area contributed by atoms with Crippen LogP contribution in [-0.2, 0) is 22.9 Å². The smallest absolute Gasteiger partial charge is 0.223 e. The summed E-state index contributed by atoms with van der Waals surface area (Å²) in [5.74, 6) is 1.40. The van der Waals surface area contributed by atoms with Crippen molar-refractivity contribution in [1.82, 2.24) is 24.8 Å². The summed E-state index contributed by atoms with van der Waals surface area (Å²) in [6.07, 6.45) is 8.23. The maximum atomic E-state index is 12.1. The van der Waals surface area contributed by atoms with Gasteiger partial charge in [-0.1, -0.05) is 0 Å². The molecule has 1 saturated heterocycles. The molecule has 8 nitrogen and oxygen atoms in total. The van der Waals surface area contributed by atoms with Gasteiger partial charge in [0.05, 0.1) is 18.4 Å². The molecule has 0 bridgehead atoms. The van der Waals surface area contributed by atoms with E-state index in [9.17, 15) is 8.42 Å². The van der Waals surface area contributed by atoms with Crippen molar-refractivity contribution in [2.75, 3.05) is 24.7 Å². The molecule has 2 aromatic rings. The summed E-state index contributed by atoms with van der Waals surface area (Å²) in [5.41, 5.74) is 0.603. The van der Waals surface area contributed by atoms with E-state index in [1.165, 1.54) is 12.5 Å². The highest BCUT2D eigenvalue weighted by molar-refractivity contribution is 7.90. The van der Waals surface area contributed by atoms with Crippen LogP contribution in [0.2, 0.25) is 0 Å². The average Bonchev–Trinajstić information content (AvgIpc) is 3.07. The molecule has 0 aliphatic carbocycles. The molecule has 0 amide bonds. The van der Waals surface area contributed by atoms with Gasteiger partial charge in [0.1, 0.15) is 10.7 Å². The standard InChI is InChI=1S/C16H24N6O2S/c1-3-22-8-7-18-14(22)11-20-16-19-10-13(25(2,23)24)15(21-16)12-5-4-6-17-9-12/h7-8,10,12,17H,3-6,9,11H2,1-2H3,(H,19,20,21)/t12-/m0/s1. The van der Waals surface area contributed by atoms with E-state index in [1.807, 2.05) is 10.8 Å². The summed E-state index contributed by atoms with van der Waals surface area (Å²) >= 11 is 0. The number of anilines is 1. The second-order valence-corrected chi connectivity index (χ2v) is 8.23. The van der Waals surface area contributed by atoms with Gasteiger partial charge in [0.25, 0.3) is 0 Å². The molecule has 2 aromatic heterocycles. The number of hydrogen-bond donors (Lipinski definition) is 2. The third kappa shape index (κ3) is 4.16. The molecule has 3 heterocycles. The number of rotatable bonds is 6. The third-order valence-electron chi connectivity index (χ3n) is 4.41. The number of nitrogens with one attached hydrogen (secondary N) is 2. The summed E-state index contributed by atoms with van der Waals surface area (Å²) in [7, 11) is -3.37. The molecule has 0 saturated carbocycles. The zero-order valence-corrected chi connectivity index (χ0v) is 15.4. The molecule has 0 spiro atoms. The van der Waals surface area contributed by atoms with Gasteiger partial charge in [0.15, 0.2) is 9.84 Å². The first-order valence-electron chi connectivity index (χ1n) is 8.50. The molecule has 3 rings (SSSR count). The molecule has 0 radical (unpaired) electrons. The van der Waals surface area contributed by atoms with Crippen LogP contribution >= 0.6 is 0 Å². The Bertz CT molecular complexity index is 827. The second kappa shape index (κ2) is 7.49. The molecular formula is C16H24N6O2S. The molecule has 0 aromatic carbocycles. The van der Waals surface area contributed by atoms with Gasteiger partial charge < -0.3 is 15.2 Å². The van der Waals surface area contributed by atoms with Gasteiger partial charge in [-0.15, -0.1) is 0 Å². The molecule has 1 aliphatic rings. The molecule has 9 heteroatoms. The van der Waals surface area contributed by atoms with Crippen LogP contribution in [0.4, 0.5) is 5.95 Å². The maximum Gasteiger partial charge on any atom is 0.223 e. The van der Waals surface area contributed by atoms with Crippen LogP contribution in [0.25, 0.3) is 0 Å². The zero-order chi connectivity index (χ0) is 17.9. The van der Waals surface area contributed by atoms with Crippen molar-refractivity contribution in [3.05, 3.63) is 30.1 Å². The van der Waals surface area contributed by atoms with Crippen LogP contribution in [-0.4, -0.2) is 47.3 Å². The molecule has 1 fully saturated rings. The normalized spacial score (nSPS) is 18.2. The molecule has 1 atom stereocenters. The lowest BCUT2D eigenvalue weighted by molar-refractivity contribution is 0.448. The Labute approximate surface area is 148 Å². The number of nitrogens with zero attached hydrogens (tertiary/aromatic N) is 4. The quantitative estimate of drug-likeness (QED) is 0.793. The Kier molecular flexibility index (Phi) is 5.33. The first-order valence-corrected chi connectivity index (χ1v) is 10.4. The molecular weight excluding hydrogens is 340 g/mol. The minimum atomic E-state index is -3.37. The average molecular weight is 364 g/mol. The summed E-state index contributed by atoms with van der Waals surface area (Å²) in [6.45, 7) is 5.07. The fraction of sp³-hybridized carbons (Fsp3) is 0.562. The molecule has 136 valence electrons. The Morgan fingerprint density at radius 1 is 1.40 bits per heavy atom. The lowest BCUT2D eigenvalue weighted by Crippen LogP contribution is -2.30. The van der Waals surface area contributed by atoms with Gasteiger partial charge in [-0.2, -0.15) is 0 Å². The molecule has 25 heavy (non-hydrogen) atoms. The minimum Gasteiger partial charge on any atom is -0.347 e. The van der Waals surface area contributed by atoms with E-state index in [0.717, 1.165) is 38.3 Å². The van der Waals surface area contributed by atoms with Crippen LogP contribution < -0.4 is 10.6 Å². The third-order valence-corrected chi connectivity index (χ3v) is 5.53. The lowest BCUT2D eigenvalue weighted by Gasteiger charge is -2.24. The lowest BCUT2D eigenvalue weighted by atomic mass is 9.96. The largest absolute Gasteiger partial charge is 0.347 e. The van der Waals surface area contributed by atoms with Gasteiger partial charge in [-0.3, -0.25) is 0 Å². The number of sulfone groups is 1. The Balaban J connectivity index is 1.85. The van der Waals surface area contributed by atoms with Crippen LogP contribution in [0.15, 0.2) is 23.5 Å². The second-order valence-electron chi connectivity index (χ2n) is 6.24. The highest BCUT2D eigenvalue weighted by atomic mass is 32.2. The van der Waals surface area contributed by atoms with Crippen LogP contribution in [0.5, 0.6) is 0 Å². The summed E-state index contributed by atoms with van der Waals surface area (Å²) < 4.78 is 26.2. The van der Waals surface area contributed by atoms with Crippen molar-refractivity contribution in [2.24, 2.45) is 0 Å². The predicted octanol–water partition coefficient (Wildman–Crippen LogP) is 1.18. The van der Waals surface area contributed by atoms with Crippen LogP contribution in [0.3, 0.4) is 0 Å². The van der Waals surface area contributed by atoms with E-state index in [1.54, 1.807) is 6.20 Å². The van der Waals surface area contributed by atoms with E-state index in [-0.39, 0.29) is 10.8 Å². The Morgan fingerprint density at radius 3 is 2.92 bits per heavy atom. The highest BCUT2D eigenvalue weighted by Crippen LogP contribution is 2.27. The topological polar surface area (TPSA) is 102 Å². The highest BCUT2D eigenvalue weighted by Gasteiger charge is 2.25. The first-order chi connectivity index (χ1) is 12.0. The number of piperidine rings is 1. The predicted molar refractivity (Wildman–Crippen MR) is 95.2 cm³/mol. The number of aromatic nitrogens is 4. The molecule has 2 N–H and O–H groups in total. The number of hydrogen-bond acceptors (Lipinski definition) is 7. The molecule has 1 aliphatic heterocycles. The van der Waals surface area contributed by atoms with Crippen molar-refractivity contribution >= 4 is 15.8 Å². The van der Waals surface area contributed by atoms with Crippen molar-refractivity contribution in [3.8, 4) is 0 Å². The van der Waals surface area contributed by atoms with Crippen LogP contribution in [0.1, 0.15) is 37.2 Å². The SMILES string of the molecule is CCn1ccnc1CNc1ncc(S(C)(=O)=O)c([C@H]2CCCNC2)n1. The van der Waals surface area contributed by atoms with Gasteiger partial charge >= 0.3 is 0 Å². The Hall–Kier alpha value is -2.00. The summed E-state index contributed by atoms with van der Waals surface area (Å²) in [6, 6.07) is 0. The van der Waals surface area contributed by atoms with E-state index < -0.39 is 9.84 Å². The summed E-state index contributed by atoms with van der Waals surface area (Å²) in [5, 5.41) is 6.47. The van der Waals surface area contributed by atoms with E-state index in [4.69, 9.17) is 0 Å². The Morgan fingerprint density at radius 2 is 2.24 bits per heavy atom. The molecule has 0 unspecified atom stereocenters. The van der Waals surface area contributed by atoms with Crippen molar-refractivity contribution in [1.29, 1.82) is 0 Å². The van der Waals surface area contributed by atoms with E-state index >= 15 is 0 Å². The first kappa shape index (κ1) is 17.8. The monoisotopic (exact) mass is 364 g/mol. The van der Waals surface area contributed by atoms with Crippen molar-refractivity contribution < 1.29 is 8.42 Å². The number of imidazole rings is 1. The van der Waals surface area contributed by atoms with Gasteiger partial charge in [-0.05, 0) is 26.3 Å². The van der Waals surface area contributed by atoms with Crippen molar-refractivity contribution in [3.63, 3.8) is 0 Å². The fourth-order valence-electron chi connectivity index (χ4n) is 3.09. The van der Waals surface area contributed by atoms with Gasteiger partial charge in [0, 0.05) is 37.7 Å².